The fraction of sp³-hybridized carbons (Fsp3) is 0.800. The number of rotatable bonds is 1. The highest BCUT2D eigenvalue weighted by molar-refractivity contribution is 7.91. The third-order valence-corrected chi connectivity index (χ3v) is 5.16. The highest BCUT2D eigenvalue weighted by Crippen LogP contribution is 2.34. The normalized spacial score (nSPS) is 41.4. The molecule has 1 heterocycles. The van der Waals surface area contributed by atoms with E-state index in [0.717, 1.165) is 19.3 Å². The third kappa shape index (κ3) is 1.86. The molecule has 2 atom stereocenters. The Kier molecular flexibility index (Phi) is 2.43. The molecule has 3 nitrogen and oxygen atoms in total. The molecule has 0 amide bonds. The van der Waals surface area contributed by atoms with Crippen LogP contribution < -0.4 is 5.73 Å². The Balaban J connectivity index is 2.17. The molecule has 2 N–H and O–H groups in total. The second-order valence-electron chi connectivity index (χ2n) is 4.54. The third-order valence-electron chi connectivity index (χ3n) is 3.36. The maximum atomic E-state index is 11.4. The molecule has 1 aliphatic carbocycles. The van der Waals surface area contributed by atoms with Gasteiger partial charge in [0.05, 0.1) is 11.5 Å². The van der Waals surface area contributed by atoms with Crippen molar-refractivity contribution in [2.75, 3.05) is 11.5 Å². The summed E-state index contributed by atoms with van der Waals surface area (Å²) in [5.74, 6) is 0.719. The molecule has 14 heavy (non-hydrogen) atoms. The van der Waals surface area contributed by atoms with E-state index >= 15 is 0 Å². The number of hydrogen-bond donors (Lipinski definition) is 1. The SMILES string of the molecule is NC1(C2C=CCCC2)CCS(=O)(=O)C1. The first-order valence-electron chi connectivity index (χ1n) is 5.18. The van der Waals surface area contributed by atoms with Crippen LogP contribution in [0.1, 0.15) is 25.7 Å². The summed E-state index contributed by atoms with van der Waals surface area (Å²) in [5, 5.41) is 0. The van der Waals surface area contributed by atoms with E-state index in [1.807, 2.05) is 0 Å². The molecule has 2 unspecified atom stereocenters. The highest BCUT2D eigenvalue weighted by atomic mass is 32.2. The van der Waals surface area contributed by atoms with Crippen molar-refractivity contribution in [3.05, 3.63) is 12.2 Å². The van der Waals surface area contributed by atoms with E-state index < -0.39 is 15.4 Å². The summed E-state index contributed by atoms with van der Waals surface area (Å²) in [6.45, 7) is 0. The lowest BCUT2D eigenvalue weighted by atomic mass is 9.78. The molecule has 4 heteroatoms. The van der Waals surface area contributed by atoms with Crippen LogP contribution in [-0.4, -0.2) is 25.5 Å². The number of nitrogens with two attached hydrogens (primary N) is 1. The standard InChI is InChI=1S/C10H17NO2S/c11-10(6-7-14(12,13)8-10)9-4-2-1-3-5-9/h2,4,9H,1,3,5-8,11H2. The van der Waals surface area contributed by atoms with E-state index in [1.165, 1.54) is 0 Å². The van der Waals surface area contributed by atoms with Crippen molar-refractivity contribution in [1.29, 1.82) is 0 Å². The zero-order valence-corrected chi connectivity index (χ0v) is 9.09. The van der Waals surface area contributed by atoms with E-state index in [4.69, 9.17) is 5.73 Å². The fourth-order valence-electron chi connectivity index (χ4n) is 2.48. The second-order valence-corrected chi connectivity index (χ2v) is 6.72. The van der Waals surface area contributed by atoms with Crippen LogP contribution in [0.15, 0.2) is 12.2 Å². The molecule has 0 aromatic carbocycles. The average Bonchev–Trinajstić information content (AvgIpc) is 2.44. The van der Waals surface area contributed by atoms with Gasteiger partial charge in [-0.2, -0.15) is 0 Å². The number of hydrogen-bond acceptors (Lipinski definition) is 3. The summed E-state index contributed by atoms with van der Waals surface area (Å²) in [5.41, 5.74) is 5.70. The molecular formula is C10H17NO2S. The van der Waals surface area contributed by atoms with Crippen molar-refractivity contribution in [2.45, 2.75) is 31.2 Å². The first kappa shape index (κ1) is 10.2. The Morgan fingerprint density at radius 1 is 1.43 bits per heavy atom. The van der Waals surface area contributed by atoms with E-state index in [1.54, 1.807) is 0 Å². The van der Waals surface area contributed by atoms with Gasteiger partial charge >= 0.3 is 0 Å². The first-order valence-corrected chi connectivity index (χ1v) is 7.00. The Hall–Kier alpha value is -0.350. The van der Waals surface area contributed by atoms with Crippen LogP contribution in [0.4, 0.5) is 0 Å². The van der Waals surface area contributed by atoms with Gasteiger partial charge in [0.2, 0.25) is 0 Å². The topological polar surface area (TPSA) is 60.2 Å². The summed E-state index contributed by atoms with van der Waals surface area (Å²) >= 11 is 0. The van der Waals surface area contributed by atoms with Gasteiger partial charge in [0, 0.05) is 5.54 Å². The van der Waals surface area contributed by atoms with Gasteiger partial charge in [-0.1, -0.05) is 12.2 Å². The fourth-order valence-corrected chi connectivity index (χ4v) is 4.50. The smallest absolute Gasteiger partial charge is 0.152 e. The van der Waals surface area contributed by atoms with E-state index in [2.05, 4.69) is 12.2 Å². The second kappa shape index (κ2) is 3.35. The lowest BCUT2D eigenvalue weighted by molar-refractivity contribution is 0.326. The summed E-state index contributed by atoms with van der Waals surface area (Å²) < 4.78 is 22.8. The maximum Gasteiger partial charge on any atom is 0.152 e. The summed E-state index contributed by atoms with van der Waals surface area (Å²) in [6.07, 6.45) is 8.17. The number of sulfone groups is 1. The minimum absolute atomic E-state index is 0.176. The molecule has 1 fully saturated rings. The van der Waals surface area contributed by atoms with Crippen molar-refractivity contribution in [2.24, 2.45) is 11.7 Å². The van der Waals surface area contributed by atoms with Gasteiger partial charge in [0.25, 0.3) is 0 Å². The predicted octanol–water partition coefficient (Wildman–Crippen LogP) is 0.859. The molecule has 2 rings (SSSR count). The molecule has 0 aromatic heterocycles. The predicted molar refractivity (Wildman–Crippen MR) is 56.7 cm³/mol. The van der Waals surface area contributed by atoms with Crippen LogP contribution >= 0.6 is 0 Å². The number of allylic oxidation sites excluding steroid dienone is 1. The van der Waals surface area contributed by atoms with Crippen molar-refractivity contribution in [1.82, 2.24) is 0 Å². The van der Waals surface area contributed by atoms with E-state index in [0.29, 0.717) is 6.42 Å². The molecule has 80 valence electrons. The van der Waals surface area contributed by atoms with Crippen LogP contribution in [0.3, 0.4) is 0 Å². The molecule has 0 saturated carbocycles. The molecular weight excluding hydrogens is 198 g/mol. The lowest BCUT2D eigenvalue weighted by Gasteiger charge is -2.32. The lowest BCUT2D eigenvalue weighted by Crippen LogP contribution is -2.48. The minimum Gasteiger partial charge on any atom is -0.324 e. The quantitative estimate of drug-likeness (QED) is 0.660. The molecule has 1 saturated heterocycles. The molecule has 0 aromatic rings. The molecule has 2 aliphatic rings. The Morgan fingerprint density at radius 3 is 2.71 bits per heavy atom. The molecule has 0 radical (unpaired) electrons. The molecule has 1 aliphatic heterocycles. The van der Waals surface area contributed by atoms with Gasteiger partial charge in [-0.3, -0.25) is 0 Å². The largest absolute Gasteiger partial charge is 0.324 e. The van der Waals surface area contributed by atoms with Gasteiger partial charge in [0.15, 0.2) is 9.84 Å². The highest BCUT2D eigenvalue weighted by Gasteiger charge is 2.43. The monoisotopic (exact) mass is 215 g/mol. The van der Waals surface area contributed by atoms with Gasteiger partial charge in [-0.15, -0.1) is 0 Å². The zero-order valence-electron chi connectivity index (χ0n) is 8.28. The summed E-state index contributed by atoms with van der Waals surface area (Å²) in [6, 6.07) is 0. The van der Waals surface area contributed by atoms with Crippen LogP contribution in [-0.2, 0) is 9.84 Å². The first-order chi connectivity index (χ1) is 6.52. The zero-order chi connectivity index (χ0) is 10.2. The van der Waals surface area contributed by atoms with Crippen LogP contribution in [0.5, 0.6) is 0 Å². The van der Waals surface area contributed by atoms with Crippen molar-refractivity contribution in [3.8, 4) is 0 Å². The molecule has 0 spiro atoms. The Morgan fingerprint density at radius 2 is 2.21 bits per heavy atom. The van der Waals surface area contributed by atoms with Gasteiger partial charge in [0.1, 0.15) is 0 Å². The summed E-state index contributed by atoms with van der Waals surface area (Å²) in [7, 11) is -2.86. The van der Waals surface area contributed by atoms with E-state index in [-0.39, 0.29) is 17.4 Å². The Bertz CT molecular complexity index is 347. The minimum atomic E-state index is -2.86. The van der Waals surface area contributed by atoms with Crippen molar-refractivity contribution < 1.29 is 8.42 Å². The van der Waals surface area contributed by atoms with Crippen LogP contribution in [0.2, 0.25) is 0 Å². The Labute approximate surface area is 85.3 Å². The van der Waals surface area contributed by atoms with Gasteiger partial charge in [-0.25, -0.2) is 8.42 Å². The van der Waals surface area contributed by atoms with Crippen LogP contribution in [0, 0.1) is 5.92 Å². The maximum absolute atomic E-state index is 11.4. The molecule has 0 bridgehead atoms. The van der Waals surface area contributed by atoms with Crippen molar-refractivity contribution >= 4 is 9.84 Å². The van der Waals surface area contributed by atoms with Crippen molar-refractivity contribution in [3.63, 3.8) is 0 Å². The summed E-state index contributed by atoms with van der Waals surface area (Å²) in [4.78, 5) is 0. The van der Waals surface area contributed by atoms with E-state index in [9.17, 15) is 8.42 Å². The van der Waals surface area contributed by atoms with Crippen LogP contribution in [0.25, 0.3) is 0 Å². The van der Waals surface area contributed by atoms with Gasteiger partial charge < -0.3 is 5.73 Å². The van der Waals surface area contributed by atoms with Gasteiger partial charge in [-0.05, 0) is 31.6 Å². The average molecular weight is 215 g/mol.